The highest BCUT2D eigenvalue weighted by Crippen LogP contribution is 2.25. The van der Waals surface area contributed by atoms with Crippen LogP contribution in [0.25, 0.3) is 0 Å². The van der Waals surface area contributed by atoms with Crippen LogP contribution in [-0.2, 0) is 16.6 Å². The van der Waals surface area contributed by atoms with Gasteiger partial charge in [0.1, 0.15) is 16.4 Å². The largest absolute Gasteiger partial charge is 0.464 e. The first-order valence-corrected chi connectivity index (χ1v) is 8.71. The molecule has 0 bridgehead atoms. The molecule has 1 aromatic heterocycles. The molecule has 6 heteroatoms. The third kappa shape index (κ3) is 4.43. The molecule has 5 nitrogen and oxygen atoms in total. The van der Waals surface area contributed by atoms with Crippen molar-refractivity contribution in [3.63, 3.8) is 0 Å². The molecule has 1 rings (SSSR count). The summed E-state index contributed by atoms with van der Waals surface area (Å²) in [6.07, 6.45) is 2.61. The van der Waals surface area contributed by atoms with E-state index in [4.69, 9.17) is 4.42 Å². The van der Waals surface area contributed by atoms with Crippen LogP contribution < -0.4 is 5.32 Å². The van der Waals surface area contributed by atoms with Crippen molar-refractivity contribution in [2.75, 3.05) is 13.1 Å². The molecular formula is C15H26N2O3S. The van der Waals surface area contributed by atoms with Crippen LogP contribution in [0.5, 0.6) is 0 Å². The van der Waals surface area contributed by atoms with Crippen molar-refractivity contribution >= 4 is 10.0 Å². The second-order valence-corrected chi connectivity index (χ2v) is 7.13. The maximum absolute atomic E-state index is 12.7. The first-order chi connectivity index (χ1) is 9.84. The molecule has 1 aromatic rings. The van der Waals surface area contributed by atoms with Gasteiger partial charge in [-0.3, -0.25) is 0 Å². The maximum Gasteiger partial charge on any atom is 0.247 e. The van der Waals surface area contributed by atoms with Crippen LogP contribution in [0.2, 0.25) is 0 Å². The third-order valence-electron chi connectivity index (χ3n) is 3.12. The first kappa shape index (κ1) is 17.9. The lowest BCUT2D eigenvalue weighted by molar-refractivity contribution is 0.381. The van der Waals surface area contributed by atoms with Crippen LogP contribution in [-0.4, -0.2) is 31.9 Å². The second kappa shape index (κ2) is 7.77. The zero-order valence-electron chi connectivity index (χ0n) is 13.3. The normalized spacial score (nSPS) is 12.3. The topological polar surface area (TPSA) is 62.6 Å². The summed E-state index contributed by atoms with van der Waals surface area (Å²) in [6.45, 7) is 12.8. The Labute approximate surface area is 128 Å². The van der Waals surface area contributed by atoms with Crippen LogP contribution in [0, 0.1) is 6.92 Å². The van der Waals surface area contributed by atoms with Crippen LogP contribution in [0.3, 0.4) is 0 Å². The Bertz CT molecular complexity index is 561. The molecule has 0 unspecified atom stereocenters. The number of nitrogens with zero attached hydrogens (tertiary/aromatic N) is 1. The van der Waals surface area contributed by atoms with Gasteiger partial charge in [0.15, 0.2) is 0 Å². The lowest BCUT2D eigenvalue weighted by Gasteiger charge is -2.24. The van der Waals surface area contributed by atoms with Gasteiger partial charge >= 0.3 is 0 Å². The molecule has 1 N–H and O–H groups in total. The third-order valence-corrected chi connectivity index (χ3v) is 5.27. The van der Waals surface area contributed by atoms with E-state index in [1.165, 1.54) is 4.31 Å². The number of nitrogens with one attached hydrogen (secondary N) is 1. The SMILES string of the molecule is C=CCN(C(C)C)S(=O)(=O)c1cc(CNCCC)oc1C. The van der Waals surface area contributed by atoms with Gasteiger partial charge in [-0.15, -0.1) is 6.58 Å². The van der Waals surface area contributed by atoms with E-state index in [2.05, 4.69) is 18.8 Å². The quantitative estimate of drug-likeness (QED) is 0.562. The minimum absolute atomic E-state index is 0.135. The Morgan fingerprint density at radius 3 is 2.67 bits per heavy atom. The molecule has 0 spiro atoms. The number of hydrogen-bond acceptors (Lipinski definition) is 4. The monoisotopic (exact) mass is 314 g/mol. The standard InChI is InChI=1S/C15H26N2O3S/c1-6-8-16-11-14-10-15(13(5)20-14)21(18,19)17(9-7-2)12(3)4/h7,10,12,16H,2,6,8-9,11H2,1,3-5H3. The Hall–Kier alpha value is -1.11. The summed E-state index contributed by atoms with van der Waals surface area (Å²) in [4.78, 5) is 0.242. The molecule has 0 saturated heterocycles. The van der Waals surface area contributed by atoms with E-state index in [9.17, 15) is 8.42 Å². The smallest absolute Gasteiger partial charge is 0.247 e. The number of hydrogen-bond donors (Lipinski definition) is 1. The molecule has 0 aliphatic carbocycles. The van der Waals surface area contributed by atoms with Crippen LogP contribution in [0.15, 0.2) is 28.0 Å². The Morgan fingerprint density at radius 2 is 2.14 bits per heavy atom. The minimum atomic E-state index is -3.56. The second-order valence-electron chi connectivity index (χ2n) is 5.27. The molecule has 0 amide bonds. The first-order valence-electron chi connectivity index (χ1n) is 7.27. The van der Waals surface area contributed by atoms with Crippen molar-refractivity contribution in [2.45, 2.75) is 51.6 Å². The average Bonchev–Trinajstić information content (AvgIpc) is 2.77. The number of furan rings is 1. The van der Waals surface area contributed by atoms with Gasteiger partial charge < -0.3 is 9.73 Å². The van der Waals surface area contributed by atoms with E-state index in [-0.39, 0.29) is 17.5 Å². The zero-order valence-corrected chi connectivity index (χ0v) is 14.2. The van der Waals surface area contributed by atoms with Gasteiger partial charge in [-0.25, -0.2) is 8.42 Å². The predicted octanol–water partition coefficient (Wildman–Crippen LogP) is 2.67. The number of sulfonamides is 1. The van der Waals surface area contributed by atoms with Crippen molar-refractivity contribution in [2.24, 2.45) is 0 Å². The highest BCUT2D eigenvalue weighted by atomic mass is 32.2. The molecule has 0 fully saturated rings. The summed E-state index contributed by atoms with van der Waals surface area (Å²) in [7, 11) is -3.56. The Balaban J connectivity index is 3.04. The Kier molecular flexibility index (Phi) is 6.64. The number of rotatable bonds is 9. The van der Waals surface area contributed by atoms with Crippen molar-refractivity contribution in [1.82, 2.24) is 9.62 Å². The summed E-state index contributed by atoms with van der Waals surface area (Å²) in [5.74, 6) is 1.07. The zero-order chi connectivity index (χ0) is 16.0. The molecule has 0 atom stereocenters. The minimum Gasteiger partial charge on any atom is -0.464 e. The molecule has 120 valence electrons. The fourth-order valence-electron chi connectivity index (χ4n) is 2.10. The average molecular weight is 314 g/mol. The van der Waals surface area contributed by atoms with Gasteiger partial charge in [0.2, 0.25) is 10.0 Å². The van der Waals surface area contributed by atoms with E-state index in [0.29, 0.717) is 18.1 Å². The van der Waals surface area contributed by atoms with Gasteiger partial charge in [0.25, 0.3) is 0 Å². The summed E-state index contributed by atoms with van der Waals surface area (Å²) in [5, 5.41) is 3.20. The van der Waals surface area contributed by atoms with E-state index in [1.807, 2.05) is 13.8 Å². The summed E-state index contributed by atoms with van der Waals surface area (Å²) in [5.41, 5.74) is 0. The van der Waals surface area contributed by atoms with E-state index >= 15 is 0 Å². The molecule has 0 aliphatic heterocycles. The molecular weight excluding hydrogens is 288 g/mol. The van der Waals surface area contributed by atoms with Gasteiger partial charge in [-0.05, 0) is 33.7 Å². The lowest BCUT2D eigenvalue weighted by atomic mass is 10.4. The molecule has 0 aromatic carbocycles. The highest BCUT2D eigenvalue weighted by Gasteiger charge is 2.29. The lowest BCUT2D eigenvalue weighted by Crippen LogP contribution is -2.37. The molecule has 0 radical (unpaired) electrons. The van der Waals surface area contributed by atoms with E-state index in [1.54, 1.807) is 19.1 Å². The van der Waals surface area contributed by atoms with Gasteiger partial charge in [0.05, 0.1) is 6.54 Å². The molecule has 21 heavy (non-hydrogen) atoms. The summed E-state index contributed by atoms with van der Waals surface area (Å²) >= 11 is 0. The van der Waals surface area contributed by atoms with Crippen molar-refractivity contribution in [3.05, 3.63) is 30.2 Å². The highest BCUT2D eigenvalue weighted by molar-refractivity contribution is 7.89. The van der Waals surface area contributed by atoms with E-state index < -0.39 is 10.0 Å². The Morgan fingerprint density at radius 1 is 1.48 bits per heavy atom. The van der Waals surface area contributed by atoms with Crippen LogP contribution in [0.4, 0.5) is 0 Å². The maximum atomic E-state index is 12.7. The predicted molar refractivity (Wildman–Crippen MR) is 84.7 cm³/mol. The van der Waals surface area contributed by atoms with Gasteiger partial charge in [-0.1, -0.05) is 13.0 Å². The molecule has 0 aliphatic rings. The van der Waals surface area contributed by atoms with E-state index in [0.717, 1.165) is 13.0 Å². The van der Waals surface area contributed by atoms with Crippen LogP contribution >= 0.6 is 0 Å². The van der Waals surface area contributed by atoms with Gasteiger partial charge in [0, 0.05) is 18.7 Å². The molecule has 1 heterocycles. The van der Waals surface area contributed by atoms with Crippen LogP contribution in [0.1, 0.15) is 38.7 Å². The summed E-state index contributed by atoms with van der Waals surface area (Å²) in [6, 6.07) is 1.48. The fraction of sp³-hybridized carbons (Fsp3) is 0.600. The van der Waals surface area contributed by atoms with Crippen molar-refractivity contribution in [1.29, 1.82) is 0 Å². The fourth-order valence-corrected chi connectivity index (χ4v) is 3.89. The summed E-state index contributed by atoms with van der Waals surface area (Å²) < 4.78 is 32.4. The van der Waals surface area contributed by atoms with Crippen molar-refractivity contribution < 1.29 is 12.8 Å². The van der Waals surface area contributed by atoms with Crippen molar-refractivity contribution in [3.8, 4) is 0 Å². The molecule has 0 saturated carbocycles. The number of aryl methyl sites for hydroxylation is 1. The van der Waals surface area contributed by atoms with Gasteiger partial charge in [-0.2, -0.15) is 4.31 Å².